The van der Waals surface area contributed by atoms with E-state index in [1.165, 1.54) is 4.31 Å². The van der Waals surface area contributed by atoms with Crippen LogP contribution < -0.4 is 0 Å². The SMILES string of the molecule is N#C[C@H](C(=O)CN1CCN(S(=O)(=O)c2ccccc2)CC1)c1nc2ccccc2[nH]1. The Kier molecular flexibility index (Phi) is 5.63. The highest BCUT2D eigenvalue weighted by molar-refractivity contribution is 7.89. The molecule has 1 atom stereocenters. The number of hydrogen-bond acceptors (Lipinski definition) is 6. The molecule has 1 aromatic heterocycles. The third-order valence-corrected chi connectivity index (χ3v) is 7.14. The van der Waals surface area contributed by atoms with Crippen LogP contribution in [0.2, 0.25) is 0 Å². The number of Topliss-reactive ketones (excluding diaryl/α,β-unsaturated/α-hetero) is 1. The minimum absolute atomic E-state index is 0.0779. The zero-order valence-electron chi connectivity index (χ0n) is 16.2. The number of rotatable bonds is 6. The van der Waals surface area contributed by atoms with E-state index in [-0.39, 0.29) is 17.2 Å². The van der Waals surface area contributed by atoms with Crippen LogP contribution in [0.25, 0.3) is 11.0 Å². The lowest BCUT2D eigenvalue weighted by Crippen LogP contribution is -2.50. The van der Waals surface area contributed by atoms with Crippen molar-refractivity contribution >= 4 is 26.8 Å². The number of carbonyl (C=O) groups is 1. The minimum atomic E-state index is -3.54. The Morgan fingerprint density at radius 2 is 1.73 bits per heavy atom. The number of hydrogen-bond donors (Lipinski definition) is 1. The maximum absolute atomic E-state index is 12.8. The average molecular weight is 423 g/mol. The Hall–Kier alpha value is -3.06. The fraction of sp³-hybridized carbons (Fsp3) is 0.286. The van der Waals surface area contributed by atoms with Crippen LogP contribution >= 0.6 is 0 Å². The molecular weight excluding hydrogens is 402 g/mol. The summed E-state index contributed by atoms with van der Waals surface area (Å²) >= 11 is 0. The fourth-order valence-electron chi connectivity index (χ4n) is 3.58. The van der Waals surface area contributed by atoms with Gasteiger partial charge >= 0.3 is 0 Å². The number of fused-ring (bicyclic) bond motifs is 1. The second kappa shape index (κ2) is 8.36. The third kappa shape index (κ3) is 3.98. The number of aromatic nitrogens is 2. The van der Waals surface area contributed by atoms with Crippen molar-refractivity contribution in [1.29, 1.82) is 5.26 Å². The summed E-state index contributed by atoms with van der Waals surface area (Å²) in [5, 5.41) is 9.54. The molecule has 4 rings (SSSR count). The van der Waals surface area contributed by atoms with Crippen molar-refractivity contribution in [2.45, 2.75) is 10.8 Å². The Labute approximate surface area is 174 Å². The summed E-state index contributed by atoms with van der Waals surface area (Å²) in [4.78, 5) is 22.3. The van der Waals surface area contributed by atoms with Crippen molar-refractivity contribution < 1.29 is 13.2 Å². The van der Waals surface area contributed by atoms with Gasteiger partial charge in [-0.05, 0) is 24.3 Å². The van der Waals surface area contributed by atoms with Crippen molar-refractivity contribution in [2.75, 3.05) is 32.7 Å². The van der Waals surface area contributed by atoms with Crippen LogP contribution in [0.4, 0.5) is 0 Å². The van der Waals surface area contributed by atoms with Crippen molar-refractivity contribution in [2.24, 2.45) is 0 Å². The summed E-state index contributed by atoms with van der Waals surface area (Å²) in [6.07, 6.45) is 0. The molecule has 0 aliphatic carbocycles. The summed E-state index contributed by atoms with van der Waals surface area (Å²) in [6.45, 7) is 1.53. The van der Waals surface area contributed by atoms with Crippen molar-refractivity contribution in [3.05, 3.63) is 60.4 Å². The molecule has 1 aliphatic rings. The van der Waals surface area contributed by atoms with Crippen LogP contribution in [0.5, 0.6) is 0 Å². The molecule has 0 unspecified atom stereocenters. The lowest BCUT2D eigenvalue weighted by Gasteiger charge is -2.33. The molecule has 2 aromatic carbocycles. The molecule has 0 radical (unpaired) electrons. The lowest BCUT2D eigenvalue weighted by molar-refractivity contribution is -0.120. The van der Waals surface area contributed by atoms with E-state index in [9.17, 15) is 18.5 Å². The minimum Gasteiger partial charge on any atom is -0.340 e. The quantitative estimate of drug-likeness (QED) is 0.647. The molecule has 154 valence electrons. The van der Waals surface area contributed by atoms with E-state index < -0.39 is 15.9 Å². The summed E-state index contributed by atoms with van der Waals surface area (Å²) in [6, 6.07) is 17.7. The number of ketones is 1. The first-order chi connectivity index (χ1) is 14.5. The molecule has 2 heterocycles. The van der Waals surface area contributed by atoms with E-state index in [4.69, 9.17) is 0 Å². The molecular formula is C21H21N5O3S. The number of sulfonamides is 1. The highest BCUT2D eigenvalue weighted by Gasteiger charge is 2.31. The van der Waals surface area contributed by atoms with Crippen molar-refractivity contribution in [3.63, 3.8) is 0 Å². The summed E-state index contributed by atoms with van der Waals surface area (Å²) < 4.78 is 26.9. The van der Waals surface area contributed by atoms with Crippen LogP contribution in [-0.2, 0) is 14.8 Å². The monoisotopic (exact) mass is 423 g/mol. The van der Waals surface area contributed by atoms with Gasteiger partial charge in [-0.1, -0.05) is 30.3 Å². The van der Waals surface area contributed by atoms with Gasteiger partial charge in [-0.15, -0.1) is 0 Å². The van der Waals surface area contributed by atoms with Crippen LogP contribution in [0.1, 0.15) is 11.7 Å². The van der Waals surface area contributed by atoms with Gasteiger partial charge in [0.15, 0.2) is 11.7 Å². The molecule has 1 fully saturated rings. The molecule has 30 heavy (non-hydrogen) atoms. The Balaban J connectivity index is 1.39. The van der Waals surface area contributed by atoms with Gasteiger partial charge in [-0.25, -0.2) is 13.4 Å². The number of carbonyl (C=O) groups excluding carboxylic acids is 1. The summed E-state index contributed by atoms with van der Waals surface area (Å²) in [5.41, 5.74) is 1.49. The van der Waals surface area contributed by atoms with Crippen LogP contribution in [0.3, 0.4) is 0 Å². The zero-order chi connectivity index (χ0) is 21.1. The van der Waals surface area contributed by atoms with Gasteiger partial charge in [-0.2, -0.15) is 9.57 Å². The molecule has 9 heteroatoms. The molecule has 1 N–H and O–H groups in total. The molecule has 1 saturated heterocycles. The maximum Gasteiger partial charge on any atom is 0.243 e. The predicted molar refractivity (Wildman–Crippen MR) is 111 cm³/mol. The van der Waals surface area contributed by atoms with Gasteiger partial charge in [0.1, 0.15) is 5.82 Å². The van der Waals surface area contributed by atoms with Gasteiger partial charge in [0.25, 0.3) is 0 Å². The Bertz CT molecular complexity index is 1160. The normalized spacial score (nSPS) is 16.9. The molecule has 0 saturated carbocycles. The second-order valence-corrected chi connectivity index (χ2v) is 9.10. The number of piperazine rings is 1. The number of nitrogens with zero attached hydrogens (tertiary/aromatic N) is 4. The predicted octanol–water partition coefficient (Wildman–Crippen LogP) is 1.75. The number of nitriles is 1. The van der Waals surface area contributed by atoms with Gasteiger partial charge in [0, 0.05) is 26.2 Å². The van der Waals surface area contributed by atoms with E-state index in [2.05, 4.69) is 9.97 Å². The van der Waals surface area contributed by atoms with Crippen molar-refractivity contribution in [3.8, 4) is 6.07 Å². The first-order valence-corrected chi connectivity index (χ1v) is 11.1. The largest absolute Gasteiger partial charge is 0.340 e. The van der Waals surface area contributed by atoms with Gasteiger partial charge < -0.3 is 4.98 Å². The summed E-state index contributed by atoms with van der Waals surface area (Å²) in [7, 11) is -3.54. The van der Waals surface area contributed by atoms with Crippen molar-refractivity contribution in [1.82, 2.24) is 19.2 Å². The molecule has 1 aliphatic heterocycles. The second-order valence-electron chi connectivity index (χ2n) is 7.16. The van der Waals surface area contributed by atoms with E-state index in [0.29, 0.717) is 37.5 Å². The number of para-hydroxylation sites is 2. The average Bonchev–Trinajstić information content (AvgIpc) is 3.19. The number of nitrogens with one attached hydrogen (secondary N) is 1. The Morgan fingerprint density at radius 1 is 1.07 bits per heavy atom. The first-order valence-electron chi connectivity index (χ1n) is 9.63. The number of H-pyrrole nitrogens is 1. The van der Waals surface area contributed by atoms with Gasteiger partial charge in [-0.3, -0.25) is 9.69 Å². The standard InChI is InChI=1S/C21H21N5O3S/c22-14-17(21-23-18-8-4-5-9-19(18)24-21)20(27)15-25-10-12-26(13-11-25)30(28,29)16-6-2-1-3-7-16/h1-9,17H,10-13,15H2,(H,23,24)/t17-/m1/s1. The van der Waals surface area contributed by atoms with Gasteiger partial charge in [0.2, 0.25) is 10.0 Å². The molecule has 0 amide bonds. The fourth-order valence-corrected chi connectivity index (χ4v) is 5.02. The highest BCUT2D eigenvalue weighted by atomic mass is 32.2. The molecule has 3 aromatic rings. The number of benzene rings is 2. The van der Waals surface area contributed by atoms with E-state index in [1.54, 1.807) is 30.3 Å². The van der Waals surface area contributed by atoms with Crippen LogP contribution in [0, 0.1) is 11.3 Å². The maximum atomic E-state index is 12.8. The van der Waals surface area contributed by atoms with Gasteiger partial charge in [0.05, 0.1) is 28.5 Å². The Morgan fingerprint density at radius 3 is 2.40 bits per heavy atom. The number of aromatic amines is 1. The zero-order valence-corrected chi connectivity index (χ0v) is 17.0. The third-order valence-electron chi connectivity index (χ3n) is 5.22. The molecule has 0 spiro atoms. The van der Waals surface area contributed by atoms with E-state index >= 15 is 0 Å². The lowest BCUT2D eigenvalue weighted by atomic mass is 10.0. The van der Waals surface area contributed by atoms with Crippen LogP contribution in [0.15, 0.2) is 59.5 Å². The van der Waals surface area contributed by atoms with Crippen LogP contribution in [-0.4, -0.2) is 66.1 Å². The topological polar surface area (TPSA) is 110 Å². The van der Waals surface area contributed by atoms with E-state index in [0.717, 1.165) is 5.52 Å². The summed E-state index contributed by atoms with van der Waals surface area (Å²) in [5.74, 6) is -0.895. The first kappa shape index (κ1) is 20.2. The highest BCUT2D eigenvalue weighted by Crippen LogP contribution is 2.20. The van der Waals surface area contributed by atoms with E-state index in [1.807, 2.05) is 35.2 Å². The number of imidazole rings is 1. The smallest absolute Gasteiger partial charge is 0.243 e. The molecule has 8 nitrogen and oxygen atoms in total. The molecule has 0 bridgehead atoms.